The van der Waals surface area contributed by atoms with Crippen LogP contribution in [0.2, 0.25) is 0 Å². The number of rotatable bonds is 7. The van der Waals surface area contributed by atoms with Gasteiger partial charge in [-0.05, 0) is 24.5 Å². The minimum absolute atomic E-state index is 0.0917. The number of carbonyl (C=O) groups is 2. The maximum atomic E-state index is 13.7. The lowest BCUT2D eigenvalue weighted by atomic mass is 10.0. The zero-order valence-electron chi connectivity index (χ0n) is 15.4. The number of halogens is 1. The van der Waals surface area contributed by atoms with Crippen molar-refractivity contribution in [2.75, 3.05) is 5.32 Å². The highest BCUT2D eigenvalue weighted by Crippen LogP contribution is 2.25. The van der Waals surface area contributed by atoms with Crippen LogP contribution in [-0.2, 0) is 0 Å². The second-order valence-electron chi connectivity index (χ2n) is 6.65. The summed E-state index contributed by atoms with van der Waals surface area (Å²) < 4.78 is 13.7. The molecule has 3 rings (SSSR count). The molecule has 2 heterocycles. The average molecular weight is 401 g/mol. The molecule has 0 bridgehead atoms. The lowest BCUT2D eigenvalue weighted by molar-refractivity contribution is 0.0931. The van der Waals surface area contributed by atoms with Crippen LogP contribution in [0.1, 0.15) is 52.2 Å². The molecule has 1 aromatic carbocycles. The number of nitrogens with one attached hydrogen (secondary N) is 3. The predicted octanol–water partition coefficient (Wildman–Crippen LogP) is 3.77. The molecule has 0 radical (unpaired) electrons. The number of thiazole rings is 1. The Morgan fingerprint density at radius 3 is 2.71 bits per heavy atom. The zero-order chi connectivity index (χ0) is 20.1. The Morgan fingerprint density at radius 1 is 1.25 bits per heavy atom. The van der Waals surface area contributed by atoms with Crippen molar-refractivity contribution in [1.82, 2.24) is 20.5 Å². The summed E-state index contributed by atoms with van der Waals surface area (Å²) in [6, 6.07) is 5.59. The highest BCUT2D eigenvalue weighted by molar-refractivity contribution is 7.10. The number of hydrogen-bond acceptors (Lipinski definition) is 5. The molecule has 2 amide bonds. The topological polar surface area (TPSA) is 99.8 Å². The third-order valence-electron chi connectivity index (χ3n) is 3.95. The van der Waals surface area contributed by atoms with Gasteiger partial charge in [-0.2, -0.15) is 5.10 Å². The monoisotopic (exact) mass is 401 g/mol. The van der Waals surface area contributed by atoms with Crippen LogP contribution in [0.5, 0.6) is 0 Å². The molecular weight excluding hydrogens is 381 g/mol. The van der Waals surface area contributed by atoms with Gasteiger partial charge in [-0.25, -0.2) is 9.37 Å². The summed E-state index contributed by atoms with van der Waals surface area (Å²) in [5, 5.41) is 14.0. The summed E-state index contributed by atoms with van der Waals surface area (Å²) in [5.41, 5.74) is 0.687. The number of benzene rings is 1. The summed E-state index contributed by atoms with van der Waals surface area (Å²) in [7, 11) is 0. The Morgan fingerprint density at radius 2 is 2.04 bits per heavy atom. The Kier molecular flexibility index (Phi) is 6.15. The number of aromatic amines is 1. The van der Waals surface area contributed by atoms with E-state index in [1.54, 1.807) is 17.5 Å². The van der Waals surface area contributed by atoms with E-state index in [0.717, 1.165) is 0 Å². The lowest BCUT2D eigenvalue weighted by Gasteiger charge is -2.18. The number of nitrogens with zero attached hydrogens (tertiary/aromatic N) is 2. The van der Waals surface area contributed by atoms with Crippen LogP contribution < -0.4 is 10.6 Å². The number of anilines is 1. The Hall–Kier alpha value is -3.07. The first-order valence-electron chi connectivity index (χ1n) is 8.75. The summed E-state index contributed by atoms with van der Waals surface area (Å²) in [6.45, 7) is 4.08. The molecular formula is C19H20FN5O2S. The molecule has 3 N–H and O–H groups in total. The number of para-hydroxylation sites is 1. The van der Waals surface area contributed by atoms with Crippen LogP contribution in [0.3, 0.4) is 0 Å². The van der Waals surface area contributed by atoms with E-state index in [2.05, 4.69) is 25.8 Å². The molecule has 0 saturated carbocycles. The molecule has 2 aromatic heterocycles. The Bertz CT molecular complexity index is 955. The number of hydrogen-bond donors (Lipinski definition) is 3. The van der Waals surface area contributed by atoms with E-state index >= 15 is 0 Å². The van der Waals surface area contributed by atoms with Gasteiger partial charge in [-0.3, -0.25) is 14.7 Å². The quantitative estimate of drug-likeness (QED) is 0.561. The Balaban J connectivity index is 1.75. The highest BCUT2D eigenvalue weighted by Gasteiger charge is 2.22. The average Bonchev–Trinajstić information content (AvgIpc) is 3.35. The standard InChI is InChI=1S/C19H20FN5O2S/c1-11(2)7-15(24-17(26)12-8-21-22-9-12)19-25-16(10-28-19)18(27)23-14-6-4-3-5-13(14)20/h3-6,8-11,15H,7H2,1-2H3,(H,21,22)(H,23,27)(H,24,26)/t15-/m1/s1. The van der Waals surface area contributed by atoms with Crippen LogP contribution in [0.15, 0.2) is 42.0 Å². The molecule has 0 fully saturated rings. The molecule has 3 aromatic rings. The van der Waals surface area contributed by atoms with Gasteiger partial charge in [0, 0.05) is 11.6 Å². The van der Waals surface area contributed by atoms with Crippen LogP contribution in [-0.4, -0.2) is 27.0 Å². The second-order valence-corrected chi connectivity index (χ2v) is 7.54. The van der Waals surface area contributed by atoms with Crippen molar-refractivity contribution in [2.45, 2.75) is 26.3 Å². The van der Waals surface area contributed by atoms with Crippen LogP contribution >= 0.6 is 11.3 Å². The lowest BCUT2D eigenvalue weighted by Crippen LogP contribution is -2.29. The minimum Gasteiger partial charge on any atom is -0.343 e. The summed E-state index contributed by atoms with van der Waals surface area (Å²) in [6.07, 6.45) is 3.61. The van der Waals surface area contributed by atoms with Crippen molar-refractivity contribution < 1.29 is 14.0 Å². The van der Waals surface area contributed by atoms with Gasteiger partial charge in [0.2, 0.25) is 0 Å². The predicted molar refractivity (Wildman–Crippen MR) is 105 cm³/mol. The van der Waals surface area contributed by atoms with E-state index in [-0.39, 0.29) is 23.3 Å². The molecule has 28 heavy (non-hydrogen) atoms. The van der Waals surface area contributed by atoms with Crippen molar-refractivity contribution in [1.29, 1.82) is 0 Å². The first kappa shape index (κ1) is 19.7. The molecule has 0 aliphatic carbocycles. The third-order valence-corrected chi connectivity index (χ3v) is 4.91. The van der Waals surface area contributed by atoms with E-state index in [0.29, 0.717) is 22.9 Å². The third kappa shape index (κ3) is 4.80. The smallest absolute Gasteiger partial charge is 0.275 e. The molecule has 7 nitrogen and oxygen atoms in total. The molecule has 0 aliphatic rings. The van der Waals surface area contributed by atoms with Crippen molar-refractivity contribution in [3.63, 3.8) is 0 Å². The fourth-order valence-electron chi connectivity index (χ4n) is 2.61. The van der Waals surface area contributed by atoms with Crippen LogP contribution in [0.4, 0.5) is 10.1 Å². The van der Waals surface area contributed by atoms with Gasteiger partial charge in [-0.1, -0.05) is 26.0 Å². The van der Waals surface area contributed by atoms with Gasteiger partial charge >= 0.3 is 0 Å². The molecule has 1 atom stereocenters. The van der Waals surface area contributed by atoms with E-state index in [9.17, 15) is 14.0 Å². The Labute approximate surface area is 165 Å². The van der Waals surface area contributed by atoms with Crippen molar-refractivity contribution in [3.05, 3.63) is 64.1 Å². The fourth-order valence-corrected chi connectivity index (χ4v) is 3.47. The molecule has 0 aliphatic heterocycles. The van der Waals surface area contributed by atoms with Crippen molar-refractivity contribution in [2.24, 2.45) is 5.92 Å². The van der Waals surface area contributed by atoms with Crippen LogP contribution in [0, 0.1) is 11.7 Å². The number of H-pyrrole nitrogens is 1. The summed E-state index contributed by atoms with van der Waals surface area (Å²) >= 11 is 1.28. The number of aromatic nitrogens is 3. The van der Waals surface area contributed by atoms with Crippen molar-refractivity contribution >= 4 is 28.8 Å². The highest BCUT2D eigenvalue weighted by atomic mass is 32.1. The van der Waals surface area contributed by atoms with Crippen LogP contribution in [0.25, 0.3) is 0 Å². The number of carbonyl (C=O) groups excluding carboxylic acids is 2. The summed E-state index contributed by atoms with van der Waals surface area (Å²) in [4.78, 5) is 29.1. The van der Waals surface area contributed by atoms with Gasteiger partial charge in [0.25, 0.3) is 11.8 Å². The SMILES string of the molecule is CC(C)C[C@@H](NC(=O)c1cn[nH]c1)c1nc(C(=O)Nc2ccccc2F)cs1. The van der Waals surface area contributed by atoms with E-state index in [1.807, 2.05) is 13.8 Å². The van der Waals surface area contributed by atoms with Gasteiger partial charge in [0.15, 0.2) is 0 Å². The van der Waals surface area contributed by atoms with E-state index < -0.39 is 11.7 Å². The summed E-state index contributed by atoms with van der Waals surface area (Å²) in [5.74, 6) is -0.991. The van der Waals surface area contributed by atoms with Gasteiger partial charge in [0.1, 0.15) is 16.5 Å². The van der Waals surface area contributed by atoms with E-state index in [4.69, 9.17) is 0 Å². The van der Waals surface area contributed by atoms with E-state index in [1.165, 1.54) is 35.9 Å². The second kappa shape index (κ2) is 8.75. The van der Waals surface area contributed by atoms with Gasteiger partial charge in [-0.15, -0.1) is 11.3 Å². The van der Waals surface area contributed by atoms with Gasteiger partial charge < -0.3 is 10.6 Å². The van der Waals surface area contributed by atoms with Crippen molar-refractivity contribution in [3.8, 4) is 0 Å². The first-order chi connectivity index (χ1) is 13.4. The molecule has 0 unspecified atom stereocenters. The van der Waals surface area contributed by atoms with Gasteiger partial charge in [0.05, 0.1) is 23.5 Å². The largest absolute Gasteiger partial charge is 0.343 e. The maximum Gasteiger partial charge on any atom is 0.275 e. The first-order valence-corrected chi connectivity index (χ1v) is 9.63. The minimum atomic E-state index is -0.517. The molecule has 146 valence electrons. The normalized spacial score (nSPS) is 12.0. The molecule has 0 spiro atoms. The zero-order valence-corrected chi connectivity index (χ0v) is 16.2. The maximum absolute atomic E-state index is 13.7. The molecule has 0 saturated heterocycles. The number of amides is 2. The fraction of sp³-hybridized carbons (Fsp3) is 0.263. The molecule has 9 heteroatoms.